The Morgan fingerprint density at radius 1 is 1.41 bits per heavy atom. The van der Waals surface area contributed by atoms with Gasteiger partial charge in [0.1, 0.15) is 0 Å². The third-order valence-electron chi connectivity index (χ3n) is 3.59. The van der Waals surface area contributed by atoms with Crippen LogP contribution < -0.4 is 10.5 Å². The third-order valence-corrected chi connectivity index (χ3v) is 4.18. The van der Waals surface area contributed by atoms with Crippen LogP contribution in [0.25, 0.3) is 0 Å². The summed E-state index contributed by atoms with van der Waals surface area (Å²) in [5, 5.41) is 0. The Balaban J connectivity index is 2.56. The first-order chi connectivity index (χ1) is 8.05. The van der Waals surface area contributed by atoms with E-state index in [0.29, 0.717) is 16.6 Å². The normalized spacial score (nSPS) is 17.7. The Morgan fingerprint density at radius 2 is 2.06 bits per heavy atom. The van der Waals surface area contributed by atoms with E-state index in [1.807, 2.05) is 0 Å². The van der Waals surface area contributed by atoms with E-state index in [1.165, 1.54) is 7.11 Å². The first-order valence-corrected chi connectivity index (χ1v) is 6.27. The van der Waals surface area contributed by atoms with Gasteiger partial charge in [-0.1, -0.05) is 6.42 Å². The summed E-state index contributed by atoms with van der Waals surface area (Å²) in [6.45, 7) is 0.335. The van der Waals surface area contributed by atoms with Crippen LogP contribution in [0.5, 0.6) is 5.75 Å². The van der Waals surface area contributed by atoms with Gasteiger partial charge in [0.05, 0.1) is 11.6 Å². The van der Waals surface area contributed by atoms with Gasteiger partial charge in [0, 0.05) is 12.0 Å². The van der Waals surface area contributed by atoms with Gasteiger partial charge in [0.15, 0.2) is 11.6 Å². The highest BCUT2D eigenvalue weighted by atomic mass is 79.9. The molecule has 1 aromatic carbocycles. The number of benzene rings is 1. The summed E-state index contributed by atoms with van der Waals surface area (Å²) in [7, 11) is 1.31. The fraction of sp³-hybridized carbons (Fsp3) is 0.500. The van der Waals surface area contributed by atoms with E-state index in [1.54, 1.807) is 6.07 Å². The van der Waals surface area contributed by atoms with Crippen molar-refractivity contribution in [1.82, 2.24) is 0 Å². The monoisotopic (exact) mass is 305 g/mol. The van der Waals surface area contributed by atoms with Crippen molar-refractivity contribution in [2.45, 2.75) is 24.7 Å². The van der Waals surface area contributed by atoms with Gasteiger partial charge in [-0.15, -0.1) is 0 Å². The Bertz CT molecular complexity index is 441. The summed E-state index contributed by atoms with van der Waals surface area (Å²) in [4.78, 5) is 0. The average Bonchev–Trinajstić information content (AvgIpc) is 2.25. The molecule has 0 atom stereocenters. The summed E-state index contributed by atoms with van der Waals surface area (Å²) in [6.07, 6.45) is 2.61. The minimum absolute atomic E-state index is 0.0993. The number of nitrogens with two attached hydrogens (primary N) is 1. The zero-order valence-electron chi connectivity index (χ0n) is 9.53. The molecule has 17 heavy (non-hydrogen) atoms. The standard InChI is InChI=1S/C12H14BrF2NO/c1-17-11-8(13)5-7(9(14)10(11)15)12(6-16)3-2-4-12/h5H,2-4,6,16H2,1H3. The number of hydrogen-bond acceptors (Lipinski definition) is 2. The smallest absolute Gasteiger partial charge is 0.202 e. The lowest BCUT2D eigenvalue weighted by Crippen LogP contribution is -2.42. The fourth-order valence-corrected chi connectivity index (χ4v) is 2.90. The molecule has 0 amide bonds. The van der Waals surface area contributed by atoms with E-state index < -0.39 is 17.0 Å². The van der Waals surface area contributed by atoms with Gasteiger partial charge in [0.25, 0.3) is 0 Å². The second kappa shape index (κ2) is 4.53. The van der Waals surface area contributed by atoms with Gasteiger partial charge < -0.3 is 10.5 Å². The number of methoxy groups -OCH3 is 1. The average molecular weight is 306 g/mol. The maximum atomic E-state index is 14.0. The SMILES string of the molecule is COc1c(Br)cc(C2(CN)CCC2)c(F)c1F. The molecule has 1 aliphatic carbocycles. The van der Waals surface area contributed by atoms with Gasteiger partial charge in [-0.2, -0.15) is 4.39 Å². The Morgan fingerprint density at radius 3 is 2.47 bits per heavy atom. The molecular weight excluding hydrogens is 292 g/mol. The molecule has 1 aliphatic rings. The van der Waals surface area contributed by atoms with Gasteiger partial charge in [-0.05, 0) is 40.4 Å². The third kappa shape index (κ3) is 1.85. The van der Waals surface area contributed by atoms with Crippen LogP contribution >= 0.6 is 15.9 Å². The lowest BCUT2D eigenvalue weighted by molar-refractivity contribution is 0.240. The zero-order chi connectivity index (χ0) is 12.6. The molecule has 0 aromatic heterocycles. The van der Waals surface area contributed by atoms with Crippen molar-refractivity contribution >= 4 is 15.9 Å². The summed E-state index contributed by atoms with van der Waals surface area (Å²) in [5.41, 5.74) is 5.66. The summed E-state index contributed by atoms with van der Waals surface area (Å²) < 4.78 is 33.0. The number of ether oxygens (including phenoxy) is 1. The molecule has 94 valence electrons. The molecule has 5 heteroatoms. The Hall–Kier alpha value is -0.680. The number of rotatable bonds is 3. The highest BCUT2D eigenvalue weighted by Gasteiger charge is 2.41. The molecule has 0 bridgehead atoms. The second-order valence-electron chi connectivity index (χ2n) is 4.41. The molecule has 1 aromatic rings. The molecule has 0 aliphatic heterocycles. The molecule has 0 unspecified atom stereocenters. The summed E-state index contributed by atoms with van der Waals surface area (Å²) in [6, 6.07) is 1.59. The Labute approximate surface area is 107 Å². The highest BCUT2D eigenvalue weighted by molar-refractivity contribution is 9.10. The van der Waals surface area contributed by atoms with Crippen molar-refractivity contribution in [1.29, 1.82) is 0 Å². The number of halogens is 3. The van der Waals surface area contributed by atoms with Crippen molar-refractivity contribution in [2.24, 2.45) is 5.73 Å². The molecule has 2 N–H and O–H groups in total. The van der Waals surface area contributed by atoms with Crippen LogP contribution in [0.15, 0.2) is 10.5 Å². The molecule has 2 nitrogen and oxygen atoms in total. The second-order valence-corrected chi connectivity index (χ2v) is 5.26. The van der Waals surface area contributed by atoms with E-state index in [-0.39, 0.29) is 5.75 Å². The van der Waals surface area contributed by atoms with Crippen LogP contribution in [0, 0.1) is 11.6 Å². The van der Waals surface area contributed by atoms with Crippen LogP contribution in [0.3, 0.4) is 0 Å². The van der Waals surface area contributed by atoms with Crippen molar-refractivity contribution in [3.8, 4) is 5.75 Å². The van der Waals surface area contributed by atoms with Gasteiger partial charge >= 0.3 is 0 Å². The van der Waals surface area contributed by atoms with Crippen molar-refractivity contribution < 1.29 is 13.5 Å². The summed E-state index contributed by atoms with van der Waals surface area (Å²) >= 11 is 3.19. The minimum atomic E-state index is -0.948. The van der Waals surface area contributed by atoms with Crippen LogP contribution in [-0.2, 0) is 5.41 Å². The minimum Gasteiger partial charge on any atom is -0.492 e. The fourth-order valence-electron chi connectivity index (χ4n) is 2.34. The first kappa shape index (κ1) is 12.8. The molecule has 0 saturated heterocycles. The predicted molar refractivity (Wildman–Crippen MR) is 65.2 cm³/mol. The van der Waals surface area contributed by atoms with Gasteiger partial charge in [-0.3, -0.25) is 0 Å². The number of hydrogen-bond donors (Lipinski definition) is 1. The van der Waals surface area contributed by atoms with E-state index in [4.69, 9.17) is 10.5 Å². The van der Waals surface area contributed by atoms with Gasteiger partial charge in [0.2, 0.25) is 5.82 Å². The lowest BCUT2D eigenvalue weighted by Gasteiger charge is -2.41. The van der Waals surface area contributed by atoms with Crippen molar-refractivity contribution in [2.75, 3.05) is 13.7 Å². The first-order valence-electron chi connectivity index (χ1n) is 5.48. The Kier molecular flexibility index (Phi) is 3.41. The van der Waals surface area contributed by atoms with Crippen LogP contribution in [0.2, 0.25) is 0 Å². The van der Waals surface area contributed by atoms with Crippen molar-refractivity contribution in [3.63, 3.8) is 0 Å². The van der Waals surface area contributed by atoms with E-state index in [2.05, 4.69) is 15.9 Å². The zero-order valence-corrected chi connectivity index (χ0v) is 11.1. The quantitative estimate of drug-likeness (QED) is 0.871. The lowest BCUT2D eigenvalue weighted by atomic mass is 9.64. The maximum absolute atomic E-state index is 14.0. The van der Waals surface area contributed by atoms with Crippen LogP contribution in [0.4, 0.5) is 8.78 Å². The highest BCUT2D eigenvalue weighted by Crippen LogP contribution is 2.46. The molecule has 2 rings (SSSR count). The molecule has 1 saturated carbocycles. The van der Waals surface area contributed by atoms with E-state index in [9.17, 15) is 8.78 Å². The molecule has 1 fully saturated rings. The van der Waals surface area contributed by atoms with E-state index >= 15 is 0 Å². The van der Waals surface area contributed by atoms with Crippen molar-refractivity contribution in [3.05, 3.63) is 27.7 Å². The summed E-state index contributed by atoms with van der Waals surface area (Å²) in [5.74, 6) is -1.88. The molecule has 0 heterocycles. The topological polar surface area (TPSA) is 35.2 Å². The van der Waals surface area contributed by atoms with Crippen LogP contribution in [-0.4, -0.2) is 13.7 Å². The molecule has 0 spiro atoms. The maximum Gasteiger partial charge on any atom is 0.202 e. The van der Waals surface area contributed by atoms with Gasteiger partial charge in [-0.25, -0.2) is 4.39 Å². The van der Waals surface area contributed by atoms with E-state index in [0.717, 1.165) is 19.3 Å². The van der Waals surface area contributed by atoms with Crippen LogP contribution in [0.1, 0.15) is 24.8 Å². The molecule has 0 radical (unpaired) electrons. The molecular formula is C12H14BrF2NO. The predicted octanol–water partition coefficient (Wildman–Crippen LogP) is 3.12. The largest absolute Gasteiger partial charge is 0.492 e.